The van der Waals surface area contributed by atoms with Gasteiger partial charge in [-0.2, -0.15) is 0 Å². The van der Waals surface area contributed by atoms with E-state index in [1.54, 1.807) is 6.08 Å². The van der Waals surface area contributed by atoms with Crippen LogP contribution in [0.15, 0.2) is 77.2 Å². The zero-order chi connectivity index (χ0) is 25.8. The second-order valence-corrected chi connectivity index (χ2v) is 9.64. The molecule has 1 aliphatic carbocycles. The van der Waals surface area contributed by atoms with E-state index in [1.807, 2.05) is 54.3 Å². The fourth-order valence-electron chi connectivity index (χ4n) is 5.03. The molecule has 0 unspecified atom stereocenters. The third-order valence-corrected chi connectivity index (χ3v) is 6.94. The Balaban J connectivity index is 1.42. The van der Waals surface area contributed by atoms with Crippen molar-refractivity contribution in [3.05, 3.63) is 89.8 Å². The standard InChI is InChI=1S/C31H30N2O4/c1-21-32-28-16-15-26(19-29(28)37-21)24-13-10-23(11-14-24)20-33(31(36)25-7-3-2-4-8-25)27-9-5-6-22(18-27)12-17-30(34)35/h5-6,9-19,25H,2-4,7-8,20H2,1H3,(H,34,35). The molecule has 4 aromatic rings. The molecular formula is C31H30N2O4. The van der Waals surface area contributed by atoms with Gasteiger partial charge in [-0.15, -0.1) is 0 Å². The van der Waals surface area contributed by atoms with Gasteiger partial charge in [0.2, 0.25) is 5.91 Å². The van der Waals surface area contributed by atoms with E-state index in [4.69, 9.17) is 9.52 Å². The molecule has 1 aromatic heterocycles. The molecule has 5 rings (SSSR count). The molecule has 1 saturated carbocycles. The summed E-state index contributed by atoms with van der Waals surface area (Å²) in [4.78, 5) is 30.9. The van der Waals surface area contributed by atoms with E-state index in [-0.39, 0.29) is 11.8 Å². The average molecular weight is 495 g/mol. The fraction of sp³-hybridized carbons (Fsp3) is 0.258. The summed E-state index contributed by atoms with van der Waals surface area (Å²) in [6.45, 7) is 2.29. The van der Waals surface area contributed by atoms with Crippen molar-refractivity contribution < 1.29 is 19.1 Å². The van der Waals surface area contributed by atoms with Crippen LogP contribution in [-0.4, -0.2) is 22.0 Å². The van der Waals surface area contributed by atoms with Crippen LogP contribution in [0, 0.1) is 12.8 Å². The van der Waals surface area contributed by atoms with E-state index in [0.717, 1.165) is 70.8 Å². The maximum Gasteiger partial charge on any atom is 0.328 e. The highest BCUT2D eigenvalue weighted by Crippen LogP contribution is 2.30. The van der Waals surface area contributed by atoms with Gasteiger partial charge in [-0.3, -0.25) is 4.79 Å². The molecule has 1 fully saturated rings. The topological polar surface area (TPSA) is 83.6 Å². The number of carbonyl (C=O) groups is 2. The smallest absolute Gasteiger partial charge is 0.328 e. The Morgan fingerprint density at radius 1 is 1.00 bits per heavy atom. The fourth-order valence-corrected chi connectivity index (χ4v) is 5.03. The Hall–Kier alpha value is -4.19. The number of aliphatic carboxylic acids is 1. The van der Waals surface area contributed by atoms with Crippen molar-refractivity contribution in [1.82, 2.24) is 4.98 Å². The van der Waals surface area contributed by atoms with Gasteiger partial charge < -0.3 is 14.4 Å². The summed E-state index contributed by atoms with van der Waals surface area (Å²) in [7, 11) is 0. The second-order valence-electron chi connectivity index (χ2n) is 9.64. The molecule has 0 radical (unpaired) electrons. The quantitative estimate of drug-likeness (QED) is 0.279. The monoisotopic (exact) mass is 494 g/mol. The van der Waals surface area contributed by atoms with Crippen molar-refractivity contribution in [2.75, 3.05) is 4.90 Å². The Morgan fingerprint density at radius 3 is 2.51 bits per heavy atom. The lowest BCUT2D eigenvalue weighted by Crippen LogP contribution is -2.36. The highest BCUT2D eigenvalue weighted by Gasteiger charge is 2.27. The first kappa shape index (κ1) is 24.5. The molecule has 6 heteroatoms. The maximum absolute atomic E-state index is 13.7. The molecule has 6 nitrogen and oxygen atoms in total. The van der Waals surface area contributed by atoms with Crippen molar-refractivity contribution in [3.63, 3.8) is 0 Å². The first-order chi connectivity index (χ1) is 18.0. The Morgan fingerprint density at radius 2 is 1.76 bits per heavy atom. The highest BCUT2D eigenvalue weighted by molar-refractivity contribution is 5.95. The maximum atomic E-state index is 13.7. The van der Waals surface area contributed by atoms with Crippen molar-refractivity contribution in [2.24, 2.45) is 5.92 Å². The Kier molecular flexibility index (Phi) is 7.17. The number of anilines is 1. The molecule has 0 bridgehead atoms. The summed E-state index contributed by atoms with van der Waals surface area (Å²) in [5.74, 6) is -0.205. The Labute approximate surface area is 216 Å². The molecule has 0 spiro atoms. The number of rotatable bonds is 7. The van der Waals surface area contributed by atoms with Crippen molar-refractivity contribution in [2.45, 2.75) is 45.6 Å². The van der Waals surface area contributed by atoms with E-state index in [2.05, 4.69) is 29.2 Å². The minimum Gasteiger partial charge on any atom is -0.478 e. The number of hydrogen-bond acceptors (Lipinski definition) is 4. The molecule has 0 aliphatic heterocycles. The third-order valence-electron chi connectivity index (χ3n) is 6.94. The summed E-state index contributed by atoms with van der Waals surface area (Å²) >= 11 is 0. The van der Waals surface area contributed by atoms with Crippen LogP contribution in [0.2, 0.25) is 0 Å². The van der Waals surface area contributed by atoms with Crippen LogP contribution in [0.5, 0.6) is 0 Å². The van der Waals surface area contributed by atoms with E-state index in [1.165, 1.54) is 6.42 Å². The predicted molar refractivity (Wildman–Crippen MR) is 145 cm³/mol. The highest BCUT2D eigenvalue weighted by atomic mass is 16.4. The summed E-state index contributed by atoms with van der Waals surface area (Å²) < 4.78 is 5.69. The Bertz CT molecular complexity index is 1450. The van der Waals surface area contributed by atoms with Crippen LogP contribution < -0.4 is 4.90 Å². The number of aromatic nitrogens is 1. The van der Waals surface area contributed by atoms with Gasteiger partial charge in [0.05, 0.1) is 6.54 Å². The lowest BCUT2D eigenvalue weighted by atomic mass is 9.88. The SMILES string of the molecule is Cc1nc2ccc(-c3ccc(CN(C(=O)C4CCCCC4)c4cccc(C=CC(=O)O)c4)cc3)cc2o1. The van der Waals surface area contributed by atoms with Gasteiger partial charge in [-0.1, -0.05) is 61.7 Å². The van der Waals surface area contributed by atoms with Gasteiger partial charge in [-0.25, -0.2) is 9.78 Å². The molecule has 1 heterocycles. The molecule has 1 aliphatic rings. The van der Waals surface area contributed by atoms with Gasteiger partial charge >= 0.3 is 5.97 Å². The van der Waals surface area contributed by atoms with Crippen LogP contribution in [0.1, 0.15) is 49.1 Å². The van der Waals surface area contributed by atoms with Gasteiger partial charge in [0.1, 0.15) is 5.52 Å². The van der Waals surface area contributed by atoms with Gasteiger partial charge in [0, 0.05) is 24.6 Å². The number of nitrogens with zero attached hydrogens (tertiary/aromatic N) is 2. The molecule has 0 saturated heterocycles. The number of fused-ring (bicyclic) bond motifs is 1. The van der Waals surface area contributed by atoms with E-state index in [9.17, 15) is 9.59 Å². The van der Waals surface area contributed by atoms with E-state index in [0.29, 0.717) is 12.4 Å². The third kappa shape index (κ3) is 5.80. The van der Waals surface area contributed by atoms with E-state index >= 15 is 0 Å². The minimum atomic E-state index is -1.00. The lowest BCUT2D eigenvalue weighted by Gasteiger charge is -2.30. The van der Waals surface area contributed by atoms with Crippen LogP contribution >= 0.6 is 0 Å². The molecular weight excluding hydrogens is 464 g/mol. The van der Waals surface area contributed by atoms with Crippen molar-refractivity contribution in [3.8, 4) is 11.1 Å². The van der Waals surface area contributed by atoms with Crippen LogP contribution in [0.3, 0.4) is 0 Å². The van der Waals surface area contributed by atoms with Crippen molar-refractivity contribution >= 4 is 34.7 Å². The molecule has 0 atom stereocenters. The summed E-state index contributed by atoms with van der Waals surface area (Å²) in [5.41, 5.74) is 6.26. The van der Waals surface area contributed by atoms with E-state index < -0.39 is 5.97 Å². The number of amides is 1. The number of oxazole rings is 1. The normalized spacial score (nSPS) is 14.3. The van der Waals surface area contributed by atoms with Crippen molar-refractivity contribution in [1.29, 1.82) is 0 Å². The number of carboxylic acids is 1. The van der Waals surface area contributed by atoms with Crippen LogP contribution in [0.25, 0.3) is 28.3 Å². The number of carbonyl (C=O) groups excluding carboxylic acids is 1. The lowest BCUT2D eigenvalue weighted by molar-refractivity contribution is -0.131. The number of carboxylic acid groups (broad SMARTS) is 1. The largest absolute Gasteiger partial charge is 0.478 e. The molecule has 37 heavy (non-hydrogen) atoms. The molecule has 188 valence electrons. The second kappa shape index (κ2) is 10.8. The summed E-state index contributed by atoms with van der Waals surface area (Å²) in [6, 6.07) is 21.7. The van der Waals surface area contributed by atoms with Crippen LogP contribution in [0.4, 0.5) is 5.69 Å². The number of benzene rings is 3. The zero-order valence-corrected chi connectivity index (χ0v) is 20.9. The van der Waals surface area contributed by atoms with Gasteiger partial charge in [-0.05, 0) is 65.4 Å². The minimum absolute atomic E-state index is 0.0170. The average Bonchev–Trinajstić information content (AvgIpc) is 3.30. The molecule has 1 amide bonds. The number of hydrogen-bond donors (Lipinski definition) is 1. The molecule has 1 N–H and O–H groups in total. The summed E-state index contributed by atoms with van der Waals surface area (Å²) in [5, 5.41) is 9.00. The first-order valence-corrected chi connectivity index (χ1v) is 12.8. The molecule has 3 aromatic carbocycles. The summed E-state index contributed by atoms with van der Waals surface area (Å²) in [6.07, 6.45) is 7.83. The van der Waals surface area contributed by atoms with Gasteiger partial charge in [0.25, 0.3) is 0 Å². The van der Waals surface area contributed by atoms with Gasteiger partial charge in [0.15, 0.2) is 11.5 Å². The zero-order valence-electron chi connectivity index (χ0n) is 20.9. The van der Waals surface area contributed by atoms with Crippen LogP contribution in [-0.2, 0) is 16.1 Å². The predicted octanol–water partition coefficient (Wildman–Crippen LogP) is 7.01. The number of aryl methyl sites for hydroxylation is 1. The first-order valence-electron chi connectivity index (χ1n) is 12.8.